The molecule has 2 aromatic rings. The number of ether oxygens (including phenoxy) is 1. The minimum Gasteiger partial charge on any atom is -0.440 e. The fraction of sp³-hybridized carbons (Fsp3) is 0.136. The van der Waals surface area contributed by atoms with Crippen LogP contribution in [0, 0.1) is 23.0 Å². The van der Waals surface area contributed by atoms with Gasteiger partial charge < -0.3 is 10.5 Å². The normalized spacial score (nSPS) is 20.5. The maximum Gasteiger partial charge on any atom is 0.205 e. The molecule has 0 bridgehead atoms. The zero-order chi connectivity index (χ0) is 19.0. The minimum absolute atomic E-state index is 0.0671. The summed E-state index contributed by atoms with van der Waals surface area (Å²) in [4.78, 5) is 0. The highest BCUT2D eigenvalue weighted by atomic mass is 19.1. The van der Waals surface area contributed by atoms with Gasteiger partial charge in [0.05, 0.1) is 0 Å². The van der Waals surface area contributed by atoms with Crippen molar-refractivity contribution in [1.82, 2.24) is 0 Å². The molecule has 0 fully saturated rings. The predicted molar refractivity (Wildman–Crippen MR) is 97.7 cm³/mol. The lowest BCUT2D eigenvalue weighted by atomic mass is 9.83. The molecule has 2 N–H and O–H groups in total. The number of nitriles is 1. The van der Waals surface area contributed by atoms with E-state index in [1.165, 1.54) is 24.3 Å². The SMILES string of the molecule is N#CC1=C(N)OC2=C(CCC2=Cc2ccc(F)cc2)C1c1ccc(F)cc1. The molecule has 1 aliphatic heterocycles. The van der Waals surface area contributed by atoms with Gasteiger partial charge in [0.1, 0.15) is 29.0 Å². The van der Waals surface area contributed by atoms with Gasteiger partial charge in [-0.3, -0.25) is 0 Å². The summed E-state index contributed by atoms with van der Waals surface area (Å²) in [5.41, 5.74) is 9.93. The third-order valence-corrected chi connectivity index (χ3v) is 4.90. The Hall–Kier alpha value is -3.39. The van der Waals surface area contributed by atoms with Crippen LogP contribution < -0.4 is 5.73 Å². The number of nitrogens with two attached hydrogens (primary N) is 1. The summed E-state index contributed by atoms with van der Waals surface area (Å²) < 4.78 is 32.3. The van der Waals surface area contributed by atoms with E-state index in [0.717, 1.165) is 28.7 Å². The minimum atomic E-state index is -0.349. The Bertz CT molecular complexity index is 1030. The highest BCUT2D eigenvalue weighted by Crippen LogP contribution is 2.48. The van der Waals surface area contributed by atoms with Gasteiger partial charge in [-0.25, -0.2) is 8.78 Å². The van der Waals surface area contributed by atoms with Crippen molar-refractivity contribution in [2.45, 2.75) is 18.8 Å². The number of benzene rings is 2. The second-order valence-electron chi connectivity index (χ2n) is 6.55. The summed E-state index contributed by atoms with van der Waals surface area (Å²) in [6.07, 6.45) is 3.38. The number of allylic oxidation sites excluding steroid dienone is 3. The van der Waals surface area contributed by atoms with Gasteiger partial charge in [0.15, 0.2) is 0 Å². The second kappa shape index (κ2) is 6.73. The molecule has 2 aromatic carbocycles. The molecule has 134 valence electrons. The molecule has 0 aromatic heterocycles. The fourth-order valence-corrected chi connectivity index (χ4v) is 3.63. The van der Waals surface area contributed by atoms with Crippen molar-refractivity contribution in [1.29, 1.82) is 5.26 Å². The van der Waals surface area contributed by atoms with Crippen LogP contribution in [0.15, 0.2) is 76.9 Å². The van der Waals surface area contributed by atoms with E-state index >= 15 is 0 Å². The van der Waals surface area contributed by atoms with Crippen molar-refractivity contribution in [2.75, 3.05) is 0 Å². The van der Waals surface area contributed by atoms with Crippen molar-refractivity contribution < 1.29 is 13.5 Å². The molecule has 0 amide bonds. The molecular weight excluding hydrogens is 346 g/mol. The maximum atomic E-state index is 13.3. The van der Waals surface area contributed by atoms with Crippen LogP contribution >= 0.6 is 0 Å². The number of nitrogens with zero attached hydrogens (tertiary/aromatic N) is 1. The third kappa shape index (κ3) is 3.11. The Morgan fingerprint density at radius 1 is 1.00 bits per heavy atom. The lowest BCUT2D eigenvalue weighted by molar-refractivity contribution is 0.292. The Labute approximate surface area is 155 Å². The second-order valence-corrected chi connectivity index (χ2v) is 6.55. The highest BCUT2D eigenvalue weighted by molar-refractivity contribution is 5.63. The zero-order valence-electron chi connectivity index (χ0n) is 14.4. The molecular formula is C22H16F2N2O. The number of rotatable bonds is 2. The van der Waals surface area contributed by atoms with Crippen LogP contribution in [0.2, 0.25) is 0 Å². The summed E-state index contributed by atoms with van der Waals surface area (Å²) in [5, 5.41) is 9.58. The summed E-state index contributed by atoms with van der Waals surface area (Å²) in [6, 6.07) is 14.4. The van der Waals surface area contributed by atoms with Crippen LogP contribution in [-0.4, -0.2) is 0 Å². The van der Waals surface area contributed by atoms with Gasteiger partial charge in [-0.15, -0.1) is 0 Å². The zero-order valence-corrected chi connectivity index (χ0v) is 14.4. The van der Waals surface area contributed by atoms with Gasteiger partial charge in [-0.05, 0) is 65.5 Å². The average molecular weight is 362 g/mol. The fourth-order valence-electron chi connectivity index (χ4n) is 3.63. The van der Waals surface area contributed by atoms with Crippen LogP contribution in [0.5, 0.6) is 0 Å². The number of hydrogen-bond acceptors (Lipinski definition) is 3. The molecule has 5 heteroatoms. The van der Waals surface area contributed by atoms with Gasteiger partial charge in [0.25, 0.3) is 0 Å². The van der Waals surface area contributed by atoms with E-state index in [4.69, 9.17) is 10.5 Å². The van der Waals surface area contributed by atoms with E-state index < -0.39 is 0 Å². The lowest BCUT2D eigenvalue weighted by Gasteiger charge is -2.26. The highest BCUT2D eigenvalue weighted by Gasteiger charge is 2.36. The van der Waals surface area contributed by atoms with Gasteiger partial charge in [0.2, 0.25) is 5.88 Å². The predicted octanol–water partition coefficient (Wildman–Crippen LogP) is 4.90. The molecule has 3 nitrogen and oxygen atoms in total. The van der Waals surface area contributed by atoms with Crippen molar-refractivity contribution in [3.05, 3.63) is 99.7 Å². The molecule has 1 aliphatic carbocycles. The van der Waals surface area contributed by atoms with E-state index in [1.807, 2.05) is 6.08 Å². The van der Waals surface area contributed by atoms with E-state index in [9.17, 15) is 14.0 Å². The summed E-state index contributed by atoms with van der Waals surface area (Å²) in [5.74, 6) is -0.250. The Balaban J connectivity index is 1.78. The lowest BCUT2D eigenvalue weighted by Crippen LogP contribution is -2.19. The average Bonchev–Trinajstić information content (AvgIpc) is 3.05. The van der Waals surface area contributed by atoms with Crippen LogP contribution in [0.3, 0.4) is 0 Å². The van der Waals surface area contributed by atoms with Crippen molar-refractivity contribution >= 4 is 6.08 Å². The quantitative estimate of drug-likeness (QED) is 0.826. The van der Waals surface area contributed by atoms with Crippen LogP contribution in [-0.2, 0) is 4.74 Å². The third-order valence-electron chi connectivity index (χ3n) is 4.90. The van der Waals surface area contributed by atoms with Crippen molar-refractivity contribution in [3.63, 3.8) is 0 Å². The van der Waals surface area contributed by atoms with Crippen LogP contribution in [0.1, 0.15) is 29.9 Å². The Morgan fingerprint density at radius 3 is 2.26 bits per heavy atom. The Morgan fingerprint density at radius 2 is 1.63 bits per heavy atom. The molecule has 0 spiro atoms. The van der Waals surface area contributed by atoms with E-state index in [1.54, 1.807) is 24.3 Å². The van der Waals surface area contributed by atoms with E-state index in [-0.39, 0.29) is 23.4 Å². The molecule has 2 aliphatic rings. The molecule has 1 unspecified atom stereocenters. The standard InChI is InChI=1S/C22H16F2N2O/c23-16-6-1-13(2-7-16)11-15-5-10-18-20(14-3-8-17(24)9-4-14)19(12-25)22(26)27-21(15)18/h1-4,6-9,11,20H,5,10,26H2. The first-order chi connectivity index (χ1) is 13.1. The Kier molecular flexibility index (Phi) is 4.25. The van der Waals surface area contributed by atoms with Crippen LogP contribution in [0.4, 0.5) is 8.78 Å². The molecule has 1 atom stereocenters. The van der Waals surface area contributed by atoms with Crippen molar-refractivity contribution in [2.24, 2.45) is 5.73 Å². The topological polar surface area (TPSA) is 59.0 Å². The first-order valence-electron chi connectivity index (χ1n) is 8.59. The summed E-state index contributed by atoms with van der Waals surface area (Å²) in [6.45, 7) is 0. The monoisotopic (exact) mass is 362 g/mol. The molecule has 27 heavy (non-hydrogen) atoms. The van der Waals surface area contributed by atoms with Gasteiger partial charge >= 0.3 is 0 Å². The summed E-state index contributed by atoms with van der Waals surface area (Å²) >= 11 is 0. The molecule has 0 saturated carbocycles. The van der Waals surface area contributed by atoms with Gasteiger partial charge in [-0.2, -0.15) is 5.26 Å². The van der Waals surface area contributed by atoms with Crippen LogP contribution in [0.25, 0.3) is 6.08 Å². The summed E-state index contributed by atoms with van der Waals surface area (Å²) in [7, 11) is 0. The smallest absolute Gasteiger partial charge is 0.205 e. The van der Waals surface area contributed by atoms with Crippen molar-refractivity contribution in [3.8, 4) is 6.07 Å². The van der Waals surface area contributed by atoms with Gasteiger partial charge in [-0.1, -0.05) is 24.3 Å². The van der Waals surface area contributed by atoms with E-state index in [2.05, 4.69) is 6.07 Å². The molecule has 4 rings (SSSR count). The molecule has 0 saturated heterocycles. The molecule has 0 radical (unpaired) electrons. The first-order valence-corrected chi connectivity index (χ1v) is 8.59. The number of halogens is 2. The first kappa shape index (κ1) is 17.0. The maximum absolute atomic E-state index is 13.3. The number of hydrogen-bond donors (Lipinski definition) is 1. The molecule has 1 heterocycles. The van der Waals surface area contributed by atoms with E-state index in [0.29, 0.717) is 17.8 Å². The van der Waals surface area contributed by atoms with Gasteiger partial charge in [0, 0.05) is 5.92 Å². The largest absolute Gasteiger partial charge is 0.440 e.